The van der Waals surface area contributed by atoms with Gasteiger partial charge in [-0.15, -0.1) is 0 Å². The van der Waals surface area contributed by atoms with Gasteiger partial charge in [-0.2, -0.15) is 13.8 Å². The van der Waals surface area contributed by atoms with Gasteiger partial charge >= 0.3 is 17.5 Å². The van der Waals surface area contributed by atoms with Crippen LogP contribution in [0.2, 0.25) is 0 Å². The maximum atomic E-state index is 13.8. The van der Waals surface area contributed by atoms with Crippen molar-refractivity contribution in [1.29, 1.82) is 0 Å². The number of aromatic nitrogens is 2. The van der Waals surface area contributed by atoms with Crippen LogP contribution in [0.1, 0.15) is 10.4 Å². The summed E-state index contributed by atoms with van der Waals surface area (Å²) in [7, 11) is 0. The van der Waals surface area contributed by atoms with E-state index in [2.05, 4.69) is 4.98 Å². The first-order valence-electron chi connectivity index (χ1n) is 5.72. The summed E-state index contributed by atoms with van der Waals surface area (Å²) < 4.78 is 29.1. The molecule has 22 heavy (non-hydrogen) atoms. The molecule has 1 aromatic rings. The number of nitrogens with zero attached hydrogens (tertiary/aromatic N) is 2. The standard InChI is InChI=1S/C11H12F2IN3O5/c12-11(13,7(20)6(19)4-18)9(21)17-3-5(1-2-14)8(15)16-10(17)22/h1-3,6-7,18-20H,4H2,(H2,15,16,22)/b2-1+/t6-,7-/m1/s1. The monoisotopic (exact) mass is 431 g/mol. The molecule has 2 atom stereocenters. The van der Waals surface area contributed by atoms with Crippen molar-refractivity contribution in [1.82, 2.24) is 9.55 Å². The lowest BCUT2D eigenvalue weighted by Gasteiger charge is -2.24. The minimum Gasteiger partial charge on any atom is -0.394 e. The number of hydrogen-bond acceptors (Lipinski definition) is 7. The average molecular weight is 431 g/mol. The minimum absolute atomic E-state index is 0.0182. The molecule has 0 unspecified atom stereocenters. The van der Waals surface area contributed by atoms with Crippen LogP contribution in [0.5, 0.6) is 0 Å². The second-order valence-electron chi connectivity index (χ2n) is 4.15. The summed E-state index contributed by atoms with van der Waals surface area (Å²) in [4.78, 5) is 26.5. The lowest BCUT2D eigenvalue weighted by molar-refractivity contribution is -0.136. The summed E-state index contributed by atoms with van der Waals surface area (Å²) in [6.07, 6.45) is -3.08. The largest absolute Gasteiger partial charge is 0.394 e. The number of carbonyl (C=O) groups excluding carboxylic acids is 1. The zero-order chi connectivity index (χ0) is 17.1. The summed E-state index contributed by atoms with van der Waals surface area (Å²) >= 11 is 1.80. The molecule has 0 aliphatic carbocycles. The number of anilines is 1. The van der Waals surface area contributed by atoms with Gasteiger partial charge in [0.2, 0.25) is 0 Å². The molecule has 5 N–H and O–H groups in total. The van der Waals surface area contributed by atoms with E-state index in [1.165, 1.54) is 10.2 Å². The Balaban J connectivity index is 3.33. The van der Waals surface area contributed by atoms with Crippen molar-refractivity contribution in [3.63, 3.8) is 0 Å². The minimum atomic E-state index is -4.52. The molecule has 0 radical (unpaired) electrons. The Morgan fingerprint density at radius 2 is 2.14 bits per heavy atom. The summed E-state index contributed by atoms with van der Waals surface area (Å²) in [6.45, 7) is -1.19. The van der Waals surface area contributed by atoms with Gasteiger partial charge < -0.3 is 21.1 Å². The van der Waals surface area contributed by atoms with Gasteiger partial charge in [0, 0.05) is 11.8 Å². The van der Waals surface area contributed by atoms with E-state index in [9.17, 15) is 23.5 Å². The topological polar surface area (TPSA) is 139 Å². The Labute approximate surface area is 136 Å². The summed E-state index contributed by atoms with van der Waals surface area (Å²) in [5, 5.41) is 26.8. The predicted molar refractivity (Wildman–Crippen MR) is 80.6 cm³/mol. The van der Waals surface area contributed by atoms with Gasteiger partial charge in [0.05, 0.1) is 6.61 Å². The summed E-state index contributed by atoms with van der Waals surface area (Å²) in [5.41, 5.74) is 4.09. The van der Waals surface area contributed by atoms with E-state index in [1.54, 1.807) is 22.6 Å². The Kier molecular flexibility index (Phi) is 6.10. The third-order valence-corrected chi connectivity index (χ3v) is 3.02. The molecule has 0 saturated carbocycles. The van der Waals surface area contributed by atoms with Gasteiger partial charge in [-0.3, -0.25) is 4.79 Å². The van der Waals surface area contributed by atoms with Gasteiger partial charge in [0.15, 0.2) is 6.10 Å². The first-order chi connectivity index (χ1) is 10.2. The maximum Gasteiger partial charge on any atom is 0.356 e. The van der Waals surface area contributed by atoms with Gasteiger partial charge in [-0.1, -0.05) is 22.6 Å². The Hall–Kier alpha value is -1.44. The van der Waals surface area contributed by atoms with E-state index in [-0.39, 0.29) is 15.9 Å². The predicted octanol–water partition coefficient (Wildman–Crippen LogP) is -0.779. The maximum absolute atomic E-state index is 13.8. The molecule has 1 heterocycles. The highest BCUT2D eigenvalue weighted by Crippen LogP contribution is 2.23. The highest BCUT2D eigenvalue weighted by Gasteiger charge is 2.51. The van der Waals surface area contributed by atoms with Crippen molar-refractivity contribution in [2.75, 3.05) is 12.3 Å². The van der Waals surface area contributed by atoms with Crippen LogP contribution in [-0.4, -0.2) is 55.5 Å². The summed E-state index contributed by atoms with van der Waals surface area (Å²) in [6, 6.07) is 0. The zero-order valence-electron chi connectivity index (χ0n) is 10.9. The molecule has 0 aliphatic rings. The van der Waals surface area contributed by atoms with Crippen molar-refractivity contribution in [3.8, 4) is 0 Å². The molecule has 0 aliphatic heterocycles. The number of hydrogen-bond donors (Lipinski definition) is 4. The molecule has 0 bridgehead atoms. The highest BCUT2D eigenvalue weighted by molar-refractivity contribution is 14.1. The van der Waals surface area contributed by atoms with Crippen LogP contribution in [0, 0.1) is 0 Å². The van der Waals surface area contributed by atoms with Crippen molar-refractivity contribution in [2.45, 2.75) is 18.1 Å². The SMILES string of the molecule is Nc1nc(=O)n(C(=O)C(F)(F)[C@H](O)[C@H](O)CO)cc1/C=C/I. The van der Waals surface area contributed by atoms with Crippen LogP contribution in [-0.2, 0) is 0 Å². The number of nitrogen functional groups attached to an aromatic ring is 1. The van der Waals surface area contributed by atoms with Crippen molar-refractivity contribution in [2.24, 2.45) is 0 Å². The Morgan fingerprint density at radius 1 is 1.55 bits per heavy atom. The molecule has 122 valence electrons. The molecular formula is C11H12F2IN3O5. The second-order valence-corrected chi connectivity index (χ2v) is 4.87. The second kappa shape index (κ2) is 7.21. The van der Waals surface area contributed by atoms with Gasteiger partial charge in [0.1, 0.15) is 11.9 Å². The third-order valence-electron chi connectivity index (χ3n) is 2.66. The fourth-order valence-electron chi connectivity index (χ4n) is 1.45. The van der Waals surface area contributed by atoms with Gasteiger partial charge in [-0.25, -0.2) is 9.36 Å². The smallest absolute Gasteiger partial charge is 0.356 e. The molecular weight excluding hydrogens is 419 g/mol. The number of halogens is 3. The number of rotatable bonds is 5. The molecule has 11 heteroatoms. The molecule has 1 rings (SSSR count). The fourth-order valence-corrected chi connectivity index (χ4v) is 1.84. The van der Waals surface area contributed by atoms with E-state index in [0.29, 0.717) is 0 Å². The number of nitrogens with two attached hydrogens (primary N) is 1. The highest BCUT2D eigenvalue weighted by atomic mass is 127. The van der Waals surface area contributed by atoms with Crippen LogP contribution >= 0.6 is 22.6 Å². The van der Waals surface area contributed by atoms with Crippen LogP contribution in [0.25, 0.3) is 6.08 Å². The lowest BCUT2D eigenvalue weighted by Crippen LogP contribution is -2.53. The van der Waals surface area contributed by atoms with E-state index in [4.69, 9.17) is 15.9 Å². The van der Waals surface area contributed by atoms with E-state index in [0.717, 1.165) is 6.20 Å². The molecule has 0 spiro atoms. The molecule has 0 amide bonds. The van der Waals surface area contributed by atoms with Crippen LogP contribution in [0.15, 0.2) is 15.1 Å². The number of carbonyl (C=O) groups is 1. The average Bonchev–Trinajstić information content (AvgIpc) is 2.47. The van der Waals surface area contributed by atoms with E-state index < -0.39 is 36.3 Å². The number of aliphatic hydroxyl groups excluding tert-OH is 3. The third kappa shape index (κ3) is 3.66. The Bertz CT molecular complexity index is 649. The van der Waals surface area contributed by atoms with Gasteiger partial charge in [0.25, 0.3) is 0 Å². The van der Waals surface area contributed by atoms with E-state index >= 15 is 0 Å². The van der Waals surface area contributed by atoms with Gasteiger partial charge in [-0.05, 0) is 10.2 Å². The zero-order valence-corrected chi connectivity index (χ0v) is 13.0. The van der Waals surface area contributed by atoms with Crippen molar-refractivity contribution >= 4 is 40.4 Å². The van der Waals surface area contributed by atoms with Crippen LogP contribution in [0.3, 0.4) is 0 Å². The first kappa shape index (κ1) is 18.6. The van der Waals surface area contributed by atoms with Crippen LogP contribution < -0.4 is 11.4 Å². The molecule has 8 nitrogen and oxygen atoms in total. The number of alkyl halides is 2. The van der Waals surface area contributed by atoms with Crippen molar-refractivity contribution in [3.05, 3.63) is 26.3 Å². The molecule has 0 fully saturated rings. The Morgan fingerprint density at radius 3 is 2.64 bits per heavy atom. The molecule has 0 saturated heterocycles. The fraction of sp³-hybridized carbons (Fsp3) is 0.364. The first-order valence-corrected chi connectivity index (χ1v) is 6.96. The lowest BCUT2D eigenvalue weighted by atomic mass is 10.1. The van der Waals surface area contributed by atoms with Crippen LogP contribution in [0.4, 0.5) is 14.6 Å². The normalized spacial score (nSPS) is 15.0. The molecule has 0 aromatic carbocycles. The number of aliphatic hydroxyl groups is 3. The summed E-state index contributed by atoms with van der Waals surface area (Å²) in [5.74, 6) is -6.89. The molecule has 1 aromatic heterocycles. The quantitative estimate of drug-likeness (QED) is 0.449. The van der Waals surface area contributed by atoms with E-state index in [1.807, 2.05) is 0 Å². The van der Waals surface area contributed by atoms with Crippen molar-refractivity contribution < 1.29 is 28.9 Å².